The van der Waals surface area contributed by atoms with Gasteiger partial charge in [-0.25, -0.2) is 0 Å². The molecule has 2 heterocycles. The SMILES string of the molecule is CCCN(CCC)c1ccnc(C(=O)Nc2ccc3c(c2)OCO3)c1. The number of nitrogens with one attached hydrogen (secondary N) is 1. The van der Waals surface area contributed by atoms with E-state index >= 15 is 0 Å². The molecule has 0 fully saturated rings. The number of ether oxygens (including phenoxy) is 2. The average molecular weight is 341 g/mol. The predicted octanol–water partition coefficient (Wildman–Crippen LogP) is 3.69. The molecule has 25 heavy (non-hydrogen) atoms. The van der Waals surface area contributed by atoms with Gasteiger partial charge < -0.3 is 19.7 Å². The van der Waals surface area contributed by atoms with Crippen LogP contribution in [0.2, 0.25) is 0 Å². The molecule has 0 saturated carbocycles. The molecule has 6 heteroatoms. The van der Waals surface area contributed by atoms with E-state index in [1.54, 1.807) is 24.4 Å². The van der Waals surface area contributed by atoms with Crippen LogP contribution in [0.4, 0.5) is 11.4 Å². The third-order valence-corrected chi connectivity index (χ3v) is 3.96. The van der Waals surface area contributed by atoms with Crippen LogP contribution in [0.25, 0.3) is 0 Å². The molecule has 1 aliphatic heterocycles. The molecule has 1 aromatic carbocycles. The van der Waals surface area contributed by atoms with E-state index < -0.39 is 0 Å². The lowest BCUT2D eigenvalue weighted by Crippen LogP contribution is -2.25. The molecule has 0 spiro atoms. The zero-order valence-corrected chi connectivity index (χ0v) is 14.6. The number of carbonyl (C=O) groups is 1. The van der Waals surface area contributed by atoms with E-state index in [1.807, 2.05) is 12.1 Å². The first-order valence-corrected chi connectivity index (χ1v) is 8.63. The molecule has 1 aromatic heterocycles. The molecule has 2 aromatic rings. The van der Waals surface area contributed by atoms with Crippen molar-refractivity contribution < 1.29 is 14.3 Å². The van der Waals surface area contributed by atoms with Crippen molar-refractivity contribution in [2.24, 2.45) is 0 Å². The summed E-state index contributed by atoms with van der Waals surface area (Å²) in [5, 5.41) is 2.86. The Bertz CT molecular complexity index is 742. The second-order valence-corrected chi connectivity index (χ2v) is 5.91. The zero-order chi connectivity index (χ0) is 17.6. The highest BCUT2D eigenvalue weighted by Gasteiger charge is 2.16. The van der Waals surface area contributed by atoms with E-state index in [0.717, 1.165) is 31.6 Å². The molecule has 1 N–H and O–H groups in total. The summed E-state index contributed by atoms with van der Waals surface area (Å²) >= 11 is 0. The summed E-state index contributed by atoms with van der Waals surface area (Å²) in [6.07, 6.45) is 3.80. The van der Waals surface area contributed by atoms with Crippen molar-refractivity contribution in [3.8, 4) is 11.5 Å². The Hall–Kier alpha value is -2.76. The van der Waals surface area contributed by atoms with Gasteiger partial charge in [-0.2, -0.15) is 0 Å². The molecule has 0 bridgehead atoms. The Balaban J connectivity index is 1.74. The molecular formula is C19H23N3O3. The highest BCUT2D eigenvalue weighted by atomic mass is 16.7. The van der Waals surface area contributed by atoms with Gasteiger partial charge in [0.2, 0.25) is 6.79 Å². The number of fused-ring (bicyclic) bond motifs is 1. The molecule has 1 aliphatic rings. The third-order valence-electron chi connectivity index (χ3n) is 3.96. The van der Waals surface area contributed by atoms with Gasteiger partial charge in [0.15, 0.2) is 11.5 Å². The summed E-state index contributed by atoms with van der Waals surface area (Å²) in [6, 6.07) is 9.11. The van der Waals surface area contributed by atoms with Crippen LogP contribution in [0.15, 0.2) is 36.5 Å². The lowest BCUT2D eigenvalue weighted by molar-refractivity contribution is 0.102. The minimum atomic E-state index is -0.242. The number of hydrogen-bond acceptors (Lipinski definition) is 5. The van der Waals surface area contributed by atoms with Gasteiger partial charge in [-0.1, -0.05) is 13.8 Å². The topological polar surface area (TPSA) is 63.7 Å². The number of nitrogens with zero attached hydrogens (tertiary/aromatic N) is 2. The highest BCUT2D eigenvalue weighted by Crippen LogP contribution is 2.34. The van der Waals surface area contributed by atoms with Crippen molar-refractivity contribution in [1.82, 2.24) is 4.98 Å². The number of hydrogen-bond donors (Lipinski definition) is 1. The van der Waals surface area contributed by atoms with E-state index in [0.29, 0.717) is 22.9 Å². The Morgan fingerprint density at radius 3 is 2.64 bits per heavy atom. The van der Waals surface area contributed by atoms with E-state index in [4.69, 9.17) is 9.47 Å². The summed E-state index contributed by atoms with van der Waals surface area (Å²) in [5.74, 6) is 1.08. The van der Waals surface area contributed by atoms with Crippen LogP contribution in [0, 0.1) is 0 Å². The molecule has 0 unspecified atom stereocenters. The van der Waals surface area contributed by atoms with Crippen LogP contribution in [0.5, 0.6) is 11.5 Å². The lowest BCUT2D eigenvalue weighted by atomic mass is 10.2. The Morgan fingerprint density at radius 2 is 1.88 bits per heavy atom. The molecule has 0 radical (unpaired) electrons. The molecule has 3 rings (SSSR count). The normalized spacial score (nSPS) is 12.1. The van der Waals surface area contributed by atoms with E-state index in [-0.39, 0.29) is 12.7 Å². The van der Waals surface area contributed by atoms with Crippen molar-refractivity contribution in [1.29, 1.82) is 0 Å². The molecule has 0 saturated heterocycles. The lowest BCUT2D eigenvalue weighted by Gasteiger charge is -2.23. The minimum absolute atomic E-state index is 0.209. The number of anilines is 2. The largest absolute Gasteiger partial charge is 0.454 e. The fourth-order valence-electron chi connectivity index (χ4n) is 2.82. The number of carbonyl (C=O) groups excluding carboxylic acids is 1. The van der Waals surface area contributed by atoms with E-state index in [1.165, 1.54) is 0 Å². The zero-order valence-electron chi connectivity index (χ0n) is 14.6. The van der Waals surface area contributed by atoms with Crippen molar-refractivity contribution in [2.75, 3.05) is 30.1 Å². The van der Waals surface area contributed by atoms with Crippen LogP contribution in [0.1, 0.15) is 37.2 Å². The van der Waals surface area contributed by atoms with Gasteiger partial charge in [0.25, 0.3) is 5.91 Å². The van der Waals surface area contributed by atoms with Gasteiger partial charge in [0, 0.05) is 36.7 Å². The number of amides is 1. The van der Waals surface area contributed by atoms with Gasteiger partial charge >= 0.3 is 0 Å². The first kappa shape index (κ1) is 17.1. The molecule has 132 valence electrons. The van der Waals surface area contributed by atoms with E-state index in [2.05, 4.69) is 29.0 Å². The number of aromatic nitrogens is 1. The van der Waals surface area contributed by atoms with Crippen LogP contribution in [-0.4, -0.2) is 30.8 Å². The van der Waals surface area contributed by atoms with Crippen molar-refractivity contribution in [3.05, 3.63) is 42.2 Å². The first-order valence-electron chi connectivity index (χ1n) is 8.63. The summed E-state index contributed by atoms with van der Waals surface area (Å²) in [6.45, 7) is 6.43. The van der Waals surface area contributed by atoms with E-state index in [9.17, 15) is 4.79 Å². The van der Waals surface area contributed by atoms with Gasteiger partial charge in [-0.3, -0.25) is 9.78 Å². The summed E-state index contributed by atoms with van der Waals surface area (Å²) in [7, 11) is 0. The summed E-state index contributed by atoms with van der Waals surface area (Å²) in [5.41, 5.74) is 2.07. The fourth-order valence-corrected chi connectivity index (χ4v) is 2.82. The molecule has 0 atom stereocenters. The van der Waals surface area contributed by atoms with Crippen LogP contribution >= 0.6 is 0 Å². The van der Waals surface area contributed by atoms with Crippen LogP contribution in [0.3, 0.4) is 0 Å². The second-order valence-electron chi connectivity index (χ2n) is 5.91. The smallest absolute Gasteiger partial charge is 0.274 e. The molecule has 6 nitrogen and oxygen atoms in total. The maximum atomic E-state index is 12.5. The summed E-state index contributed by atoms with van der Waals surface area (Å²) in [4.78, 5) is 19.0. The monoisotopic (exact) mass is 341 g/mol. The number of benzene rings is 1. The highest BCUT2D eigenvalue weighted by molar-refractivity contribution is 6.03. The number of rotatable bonds is 7. The fraction of sp³-hybridized carbons (Fsp3) is 0.368. The third kappa shape index (κ3) is 4.02. The standard InChI is InChI=1S/C19H23N3O3/c1-3-9-22(10-4-2)15-7-8-20-16(12-15)19(23)21-14-5-6-17-18(11-14)25-13-24-17/h5-8,11-12H,3-4,9-10,13H2,1-2H3,(H,21,23). The minimum Gasteiger partial charge on any atom is -0.454 e. The maximum absolute atomic E-state index is 12.5. The van der Waals surface area contributed by atoms with Gasteiger partial charge in [0.1, 0.15) is 5.69 Å². The number of pyridine rings is 1. The van der Waals surface area contributed by atoms with Crippen LogP contribution in [-0.2, 0) is 0 Å². The molecule has 0 aliphatic carbocycles. The van der Waals surface area contributed by atoms with Crippen molar-refractivity contribution in [3.63, 3.8) is 0 Å². The quantitative estimate of drug-likeness (QED) is 0.832. The Morgan fingerprint density at radius 1 is 1.12 bits per heavy atom. The van der Waals surface area contributed by atoms with Gasteiger partial charge in [-0.05, 0) is 37.1 Å². The maximum Gasteiger partial charge on any atom is 0.274 e. The van der Waals surface area contributed by atoms with Crippen molar-refractivity contribution >= 4 is 17.3 Å². The summed E-state index contributed by atoms with van der Waals surface area (Å²) < 4.78 is 10.6. The van der Waals surface area contributed by atoms with Gasteiger partial charge in [-0.15, -0.1) is 0 Å². The average Bonchev–Trinajstić information content (AvgIpc) is 3.09. The first-order chi connectivity index (χ1) is 12.2. The Labute approximate surface area is 147 Å². The van der Waals surface area contributed by atoms with Crippen LogP contribution < -0.4 is 19.7 Å². The van der Waals surface area contributed by atoms with Gasteiger partial charge in [0.05, 0.1) is 0 Å². The predicted molar refractivity (Wildman–Crippen MR) is 97.6 cm³/mol. The second kappa shape index (κ2) is 7.88. The molecule has 1 amide bonds. The van der Waals surface area contributed by atoms with Crippen molar-refractivity contribution in [2.45, 2.75) is 26.7 Å². The Kier molecular flexibility index (Phi) is 5.38. The molecular weight excluding hydrogens is 318 g/mol.